The lowest BCUT2D eigenvalue weighted by Gasteiger charge is -2.32. The van der Waals surface area contributed by atoms with Gasteiger partial charge in [0.05, 0.1) is 22.3 Å². The summed E-state index contributed by atoms with van der Waals surface area (Å²) in [5.41, 5.74) is 17.4. The van der Waals surface area contributed by atoms with Crippen molar-refractivity contribution < 1.29 is 54.0 Å². The quantitative estimate of drug-likeness (QED) is 0.0226. The standard InChI is InChI=1S/C18H28N2O.C18H26N2O.C17H26N2O2.C17H24N2O2.C14H19BrN2O.C13H17BrN2O2.C13H18N2O2.C4H8/c2*1-4-5-6-17-13-16(15(2)21)7-8-18(17)14-20-11-9-19(3)10-12-20;2*1-3-4-5-14-12-15(17(20)21)6-7-16(14)13-19-10-8-18(2)9-11-19;1-11(18)12-3-4-13(14(15)9-12)10-17-7-5-16(2)6-8-17;1-15-4-6-16(7-5-15)9-11-3-2-10(13(17)18)8-12(11)14;1-14-6-8-15(9-7-14)10-11-2-4-12(5-3-11)13(16)17;1-3-4-2/h7-8,13H,4-6,9-12,14H2,1-3H3;5-8,13H,4,9-12,14H2,1-3H3;6-7,12H,3-5,8-11,13H2,1-2H3,(H,20,21);4-7,12H,3,8-11,13H2,1-2H3,(H,20,21);3-4,9H,5-8,10H2,1-2H3;2-3,8H,4-7,9H2,1H3,(H,17,18);2-5H,6-10H2,1H3,(H,16,17);3H,1,4H2,2H3/b;6-5+;;5-4+;;;;. The molecule has 0 aliphatic carbocycles. The predicted molar refractivity (Wildman–Crippen MR) is 584 cm³/mol. The highest BCUT2D eigenvalue weighted by molar-refractivity contribution is 9.10. The van der Waals surface area contributed by atoms with Crippen molar-refractivity contribution in [3.05, 3.63) is 267 Å². The molecule has 7 fully saturated rings. The van der Waals surface area contributed by atoms with Crippen LogP contribution in [-0.4, -0.2) is 363 Å². The molecule has 0 amide bonds. The summed E-state index contributed by atoms with van der Waals surface area (Å²) < 4.78 is 1.91. The number of piperazine rings is 7. The smallest absolute Gasteiger partial charge is 0.335 e. The van der Waals surface area contributed by atoms with Crippen LogP contribution in [0.2, 0.25) is 0 Å². The molecule has 25 nitrogen and oxygen atoms in total. The second-order valence-corrected chi connectivity index (χ2v) is 40.3. The van der Waals surface area contributed by atoms with Gasteiger partial charge >= 0.3 is 23.9 Å². The molecular weight excluding hydrogens is 1900 g/mol. The number of carboxylic acid groups (broad SMARTS) is 4. The van der Waals surface area contributed by atoms with Gasteiger partial charge in [0.1, 0.15) is 0 Å². The topological polar surface area (TPSA) is 246 Å². The Morgan fingerprint density at radius 1 is 0.277 bits per heavy atom. The monoisotopic (exact) mass is 2070 g/mol. The third kappa shape index (κ3) is 44.3. The summed E-state index contributed by atoms with van der Waals surface area (Å²) in [6.45, 7) is 56.5. The summed E-state index contributed by atoms with van der Waals surface area (Å²) in [6, 6.07) is 41.7. The third-order valence-corrected chi connectivity index (χ3v) is 28.3. The van der Waals surface area contributed by atoms with Crippen LogP contribution in [0.5, 0.6) is 0 Å². The van der Waals surface area contributed by atoms with Gasteiger partial charge in [0.25, 0.3) is 0 Å². The molecule has 772 valence electrons. The van der Waals surface area contributed by atoms with Crippen molar-refractivity contribution in [3.63, 3.8) is 0 Å². The van der Waals surface area contributed by atoms with Gasteiger partial charge in [-0.25, -0.2) is 19.2 Å². The fraction of sp³-hybridized carbons (Fsp3) is 0.518. The van der Waals surface area contributed by atoms with Gasteiger partial charge in [0.15, 0.2) is 17.3 Å². The molecule has 4 N–H and O–H groups in total. The van der Waals surface area contributed by atoms with Crippen LogP contribution in [0.3, 0.4) is 0 Å². The molecule has 0 aromatic heterocycles. The van der Waals surface area contributed by atoms with Gasteiger partial charge in [0.2, 0.25) is 0 Å². The first kappa shape index (κ1) is 119. The lowest BCUT2D eigenvalue weighted by Crippen LogP contribution is -2.44. The number of aryl methyl sites for hydroxylation is 2. The first-order chi connectivity index (χ1) is 67.6. The van der Waals surface area contributed by atoms with E-state index in [4.69, 9.17) is 20.4 Å². The number of halogens is 2. The van der Waals surface area contributed by atoms with Crippen molar-refractivity contribution in [2.75, 3.05) is 233 Å². The number of nitrogens with zero attached hydrogens (tertiary/aromatic N) is 14. The molecule has 0 atom stereocenters. The van der Waals surface area contributed by atoms with Crippen LogP contribution < -0.4 is 0 Å². The van der Waals surface area contributed by atoms with Gasteiger partial charge in [0, 0.05) is 255 Å². The largest absolute Gasteiger partial charge is 0.478 e. The van der Waals surface area contributed by atoms with Crippen molar-refractivity contribution in [3.8, 4) is 0 Å². The fourth-order valence-corrected chi connectivity index (χ4v) is 18.0. The first-order valence-corrected chi connectivity index (χ1v) is 52.6. The number of Topliss-reactive ketones (excluding diaryl/α,β-unsaturated/α-hetero) is 3. The maximum Gasteiger partial charge on any atom is 0.335 e. The molecule has 0 radical (unpaired) electrons. The van der Waals surface area contributed by atoms with Crippen molar-refractivity contribution in [2.24, 2.45) is 0 Å². The molecule has 0 bridgehead atoms. The number of carbonyl (C=O) groups excluding carboxylic acids is 3. The molecule has 27 heteroatoms. The zero-order valence-corrected chi connectivity index (χ0v) is 90.7. The Balaban J connectivity index is 0.000000222. The fourth-order valence-electron chi connectivity index (χ4n) is 16.9. The molecule has 14 rings (SSSR count). The first-order valence-electron chi connectivity index (χ1n) is 51.0. The van der Waals surface area contributed by atoms with Gasteiger partial charge < -0.3 is 54.7 Å². The number of hydrogen-bond acceptors (Lipinski definition) is 21. The van der Waals surface area contributed by atoms with Gasteiger partial charge in [-0.1, -0.05) is 176 Å². The van der Waals surface area contributed by atoms with E-state index in [1.165, 1.54) is 62.9 Å². The van der Waals surface area contributed by atoms with E-state index in [2.05, 4.69) is 233 Å². The van der Waals surface area contributed by atoms with Crippen LogP contribution in [0.25, 0.3) is 12.2 Å². The maximum atomic E-state index is 11.6. The molecule has 0 saturated carbocycles. The Kier molecular flexibility index (Phi) is 54.6. The van der Waals surface area contributed by atoms with E-state index in [0.717, 1.165) is 311 Å². The number of rotatable bonds is 32. The number of aromatic carboxylic acids is 4. The minimum atomic E-state index is -0.887. The van der Waals surface area contributed by atoms with Crippen LogP contribution in [-0.2, 0) is 58.7 Å². The predicted octanol–water partition coefficient (Wildman–Crippen LogP) is 18.1. The highest BCUT2D eigenvalue weighted by atomic mass is 79.9. The SMILES string of the molecule is C=CCC.CC(=O)c1ccc(CN2CCN(C)CC2)c(Br)c1.CC/C=C/c1cc(C(=O)O)ccc1CN1CCN(C)CC1.CC/C=C/c1cc(C(C)=O)ccc1CN1CCN(C)CC1.CCCCc1cc(C(=O)O)ccc1CN1CCN(C)CC1.CCCCc1cc(C(C)=O)ccc1CN1CCN(C)CC1.CN1CCN(Cc2ccc(C(=O)O)cc2)CC1.CN1CCN(Cc2ccc(C(=O)O)cc2Br)CC1. The van der Waals surface area contributed by atoms with Crippen molar-refractivity contribution >= 4 is 85.2 Å². The number of unbranched alkanes of at least 4 members (excludes halogenated alkanes) is 2. The summed E-state index contributed by atoms with van der Waals surface area (Å²) in [7, 11) is 15.1. The molecular formula is C114H166Br2N14O11. The van der Waals surface area contributed by atoms with Gasteiger partial charge in [-0.3, -0.25) is 48.7 Å². The number of hydrogen-bond donors (Lipinski definition) is 4. The molecule has 0 unspecified atom stereocenters. The zero-order chi connectivity index (χ0) is 103. The van der Waals surface area contributed by atoms with Crippen LogP contribution >= 0.6 is 31.9 Å². The van der Waals surface area contributed by atoms with E-state index in [0.29, 0.717) is 22.3 Å². The van der Waals surface area contributed by atoms with Crippen molar-refractivity contribution in [1.82, 2.24) is 68.6 Å². The highest BCUT2D eigenvalue weighted by Gasteiger charge is 2.25. The summed E-state index contributed by atoms with van der Waals surface area (Å²) in [4.78, 5) is 112. The number of likely N-dealkylation sites (N-methyl/N-ethyl adjacent to an activating group) is 7. The lowest BCUT2D eigenvalue weighted by atomic mass is 9.97. The Hall–Kier alpha value is -8.95. The third-order valence-electron chi connectivity index (χ3n) is 26.9. The van der Waals surface area contributed by atoms with Gasteiger partial charge in [-0.05, 0) is 243 Å². The summed E-state index contributed by atoms with van der Waals surface area (Å²) in [6.07, 6.45) is 20.0. The Bertz CT molecular complexity index is 4790. The van der Waals surface area contributed by atoms with Crippen LogP contribution in [0.15, 0.2) is 167 Å². The molecule has 7 aromatic rings. The van der Waals surface area contributed by atoms with Crippen LogP contribution in [0.1, 0.15) is 234 Å². The number of carbonyl (C=O) groups is 7. The van der Waals surface area contributed by atoms with Crippen LogP contribution in [0.4, 0.5) is 0 Å². The molecule has 7 aliphatic rings. The van der Waals surface area contributed by atoms with Crippen LogP contribution in [0, 0.1) is 0 Å². The number of allylic oxidation sites excluding steroid dienone is 3. The summed E-state index contributed by atoms with van der Waals surface area (Å²) in [5.74, 6) is -3.04. The van der Waals surface area contributed by atoms with E-state index in [1.807, 2.05) is 78.9 Å². The number of carboxylic acids is 4. The normalized spacial score (nSPS) is 17.2. The Labute approximate surface area is 861 Å². The van der Waals surface area contributed by atoms with E-state index < -0.39 is 23.9 Å². The maximum absolute atomic E-state index is 11.6. The van der Waals surface area contributed by atoms with Crippen molar-refractivity contribution in [2.45, 2.75) is 159 Å². The van der Waals surface area contributed by atoms with E-state index in [1.54, 1.807) is 63.2 Å². The minimum absolute atomic E-state index is 0.113. The number of ketones is 3. The molecule has 0 spiro atoms. The Morgan fingerprint density at radius 3 is 0.773 bits per heavy atom. The summed E-state index contributed by atoms with van der Waals surface area (Å²) >= 11 is 7.02. The van der Waals surface area contributed by atoms with E-state index in [-0.39, 0.29) is 17.3 Å². The molecule has 141 heavy (non-hydrogen) atoms. The van der Waals surface area contributed by atoms with Gasteiger partial charge in [-0.15, -0.1) is 6.58 Å². The molecule has 7 saturated heterocycles. The summed E-state index contributed by atoms with van der Waals surface area (Å²) in [5, 5.41) is 36.0. The number of benzene rings is 7. The van der Waals surface area contributed by atoms with E-state index in [9.17, 15) is 33.6 Å². The second kappa shape index (κ2) is 64.7. The van der Waals surface area contributed by atoms with Gasteiger partial charge in [-0.2, -0.15) is 0 Å². The highest BCUT2D eigenvalue weighted by Crippen LogP contribution is 2.27. The molecule has 7 aliphatic heterocycles. The average molecular weight is 2070 g/mol. The minimum Gasteiger partial charge on any atom is -0.478 e. The van der Waals surface area contributed by atoms with Crippen molar-refractivity contribution in [1.29, 1.82) is 0 Å². The second-order valence-electron chi connectivity index (χ2n) is 38.6. The lowest BCUT2D eigenvalue weighted by molar-refractivity contribution is 0.0686. The Morgan fingerprint density at radius 2 is 0.496 bits per heavy atom. The van der Waals surface area contributed by atoms with E-state index >= 15 is 0 Å². The molecule has 7 heterocycles. The zero-order valence-electron chi connectivity index (χ0n) is 87.6. The average Bonchev–Trinajstić information content (AvgIpc) is 0.849. The molecule has 7 aromatic carbocycles.